The van der Waals surface area contributed by atoms with Crippen LogP contribution in [0.2, 0.25) is 0 Å². The second-order valence-electron chi connectivity index (χ2n) is 4.42. The molecule has 0 aromatic rings. The molecule has 0 aromatic heterocycles. The van der Waals surface area contributed by atoms with Gasteiger partial charge in [-0.15, -0.1) is 0 Å². The van der Waals surface area contributed by atoms with Gasteiger partial charge in [-0.25, -0.2) is 0 Å². The quantitative estimate of drug-likeness (QED) is 0.549. The van der Waals surface area contributed by atoms with Crippen molar-refractivity contribution in [3.63, 3.8) is 0 Å². The van der Waals surface area contributed by atoms with Crippen molar-refractivity contribution in [3.8, 4) is 0 Å². The third-order valence-corrected chi connectivity index (χ3v) is 3.15. The molecule has 0 spiro atoms. The zero-order valence-corrected chi connectivity index (χ0v) is 7.35. The fourth-order valence-corrected chi connectivity index (χ4v) is 1.69. The number of rotatable bonds is 0. The predicted molar refractivity (Wildman–Crippen MR) is 44.8 cm³/mol. The summed E-state index contributed by atoms with van der Waals surface area (Å²) in [7, 11) is 0. The van der Waals surface area contributed by atoms with Gasteiger partial charge in [-0.1, -0.05) is 20.8 Å². The normalized spacial score (nSPS) is 39.6. The minimum Gasteiger partial charge on any atom is -0.328 e. The summed E-state index contributed by atoms with van der Waals surface area (Å²) in [4.78, 5) is 0. The van der Waals surface area contributed by atoms with Crippen LogP contribution in [0.15, 0.2) is 0 Å². The van der Waals surface area contributed by atoms with E-state index in [-0.39, 0.29) is 0 Å². The Kier molecular flexibility index (Phi) is 2.04. The molecule has 0 aromatic carbocycles. The van der Waals surface area contributed by atoms with Gasteiger partial charge >= 0.3 is 0 Å². The average molecular weight is 141 g/mol. The molecule has 1 aliphatic rings. The molecule has 0 radical (unpaired) electrons. The van der Waals surface area contributed by atoms with Crippen molar-refractivity contribution in [2.75, 3.05) is 0 Å². The van der Waals surface area contributed by atoms with Gasteiger partial charge in [0.15, 0.2) is 0 Å². The molecule has 0 bridgehead atoms. The summed E-state index contributed by atoms with van der Waals surface area (Å²) in [5, 5.41) is 0. The van der Waals surface area contributed by atoms with E-state index < -0.39 is 0 Å². The van der Waals surface area contributed by atoms with Crippen LogP contribution in [0.5, 0.6) is 0 Å². The van der Waals surface area contributed by atoms with E-state index in [0.29, 0.717) is 11.5 Å². The van der Waals surface area contributed by atoms with E-state index in [1.807, 2.05) is 0 Å². The maximum absolute atomic E-state index is 5.85. The van der Waals surface area contributed by atoms with E-state index in [2.05, 4.69) is 20.8 Å². The van der Waals surface area contributed by atoms with Crippen LogP contribution in [-0.2, 0) is 0 Å². The van der Waals surface area contributed by atoms with Crippen LogP contribution in [0.3, 0.4) is 0 Å². The van der Waals surface area contributed by atoms with E-state index in [1.54, 1.807) is 0 Å². The molecular formula is C9H19N. The van der Waals surface area contributed by atoms with Gasteiger partial charge < -0.3 is 5.73 Å². The van der Waals surface area contributed by atoms with Gasteiger partial charge in [-0.3, -0.25) is 0 Å². The van der Waals surface area contributed by atoms with Crippen molar-refractivity contribution in [1.82, 2.24) is 0 Å². The first-order valence-corrected chi connectivity index (χ1v) is 4.28. The largest absolute Gasteiger partial charge is 0.328 e. The molecule has 0 unspecified atom stereocenters. The van der Waals surface area contributed by atoms with E-state index in [4.69, 9.17) is 5.73 Å². The maximum atomic E-state index is 5.85. The Morgan fingerprint density at radius 3 is 2.40 bits per heavy atom. The molecule has 1 nitrogen and oxygen atoms in total. The minimum atomic E-state index is 0.475. The Bertz CT molecular complexity index is 118. The van der Waals surface area contributed by atoms with Crippen LogP contribution in [0.4, 0.5) is 0 Å². The van der Waals surface area contributed by atoms with Crippen LogP contribution in [-0.4, -0.2) is 6.04 Å². The Balaban J connectivity index is 2.52. The molecule has 1 heteroatoms. The molecule has 0 aliphatic heterocycles. The summed E-state index contributed by atoms with van der Waals surface area (Å²) in [5.41, 5.74) is 6.38. The molecule has 10 heavy (non-hydrogen) atoms. The van der Waals surface area contributed by atoms with Crippen LogP contribution in [0.1, 0.15) is 40.0 Å². The smallest absolute Gasteiger partial charge is 0.00417 e. The highest BCUT2D eigenvalue weighted by atomic mass is 14.6. The Hall–Kier alpha value is -0.0400. The number of hydrogen-bond acceptors (Lipinski definition) is 1. The Morgan fingerprint density at radius 2 is 2.00 bits per heavy atom. The first-order chi connectivity index (χ1) is 4.52. The first-order valence-electron chi connectivity index (χ1n) is 4.28. The second-order valence-corrected chi connectivity index (χ2v) is 4.42. The lowest BCUT2D eigenvalue weighted by Crippen LogP contribution is -2.36. The molecular weight excluding hydrogens is 122 g/mol. The van der Waals surface area contributed by atoms with Gasteiger partial charge in [-0.05, 0) is 30.6 Å². The summed E-state index contributed by atoms with van der Waals surface area (Å²) in [5.74, 6) is 0.802. The molecule has 60 valence electrons. The van der Waals surface area contributed by atoms with E-state index in [0.717, 1.165) is 5.92 Å². The average Bonchev–Trinajstić information content (AvgIpc) is 1.81. The Morgan fingerprint density at radius 1 is 1.40 bits per heavy atom. The SMILES string of the molecule is C[C@H]1C[C@@H](N)CCC1(C)C. The minimum absolute atomic E-state index is 0.475. The molecule has 0 saturated heterocycles. The lowest BCUT2D eigenvalue weighted by molar-refractivity contribution is 0.139. The fourth-order valence-electron chi connectivity index (χ4n) is 1.69. The zero-order valence-electron chi connectivity index (χ0n) is 7.35. The van der Waals surface area contributed by atoms with Gasteiger partial charge in [-0.2, -0.15) is 0 Å². The Labute approximate surface area is 64.0 Å². The highest BCUT2D eigenvalue weighted by Crippen LogP contribution is 2.39. The molecule has 2 atom stereocenters. The summed E-state index contributed by atoms with van der Waals surface area (Å²) in [6.07, 6.45) is 3.74. The molecule has 0 amide bonds. The zero-order chi connectivity index (χ0) is 7.78. The van der Waals surface area contributed by atoms with Crippen molar-refractivity contribution in [3.05, 3.63) is 0 Å². The summed E-state index contributed by atoms with van der Waals surface area (Å²) in [6, 6.07) is 0.475. The summed E-state index contributed by atoms with van der Waals surface area (Å²) in [6.45, 7) is 7.02. The van der Waals surface area contributed by atoms with Crippen LogP contribution in [0, 0.1) is 11.3 Å². The molecule has 2 N–H and O–H groups in total. The van der Waals surface area contributed by atoms with Gasteiger partial charge in [0.05, 0.1) is 0 Å². The number of hydrogen-bond donors (Lipinski definition) is 1. The first kappa shape index (κ1) is 8.06. The fraction of sp³-hybridized carbons (Fsp3) is 1.00. The maximum Gasteiger partial charge on any atom is 0.00417 e. The lowest BCUT2D eigenvalue weighted by atomic mass is 9.68. The van der Waals surface area contributed by atoms with E-state index >= 15 is 0 Å². The van der Waals surface area contributed by atoms with E-state index in [9.17, 15) is 0 Å². The molecule has 1 saturated carbocycles. The van der Waals surface area contributed by atoms with Gasteiger partial charge in [0.1, 0.15) is 0 Å². The van der Waals surface area contributed by atoms with Crippen LogP contribution < -0.4 is 5.73 Å². The van der Waals surface area contributed by atoms with Crippen LogP contribution in [0.25, 0.3) is 0 Å². The third kappa shape index (κ3) is 1.51. The molecule has 1 rings (SSSR count). The topological polar surface area (TPSA) is 26.0 Å². The summed E-state index contributed by atoms with van der Waals surface area (Å²) < 4.78 is 0. The van der Waals surface area contributed by atoms with Crippen molar-refractivity contribution in [2.45, 2.75) is 46.1 Å². The molecule has 1 aliphatic carbocycles. The van der Waals surface area contributed by atoms with Gasteiger partial charge in [0, 0.05) is 6.04 Å². The monoisotopic (exact) mass is 141 g/mol. The van der Waals surface area contributed by atoms with Gasteiger partial charge in [0.25, 0.3) is 0 Å². The van der Waals surface area contributed by atoms with Gasteiger partial charge in [0.2, 0.25) is 0 Å². The lowest BCUT2D eigenvalue weighted by Gasteiger charge is -2.39. The third-order valence-electron chi connectivity index (χ3n) is 3.15. The molecule has 1 fully saturated rings. The van der Waals surface area contributed by atoms with Crippen molar-refractivity contribution in [2.24, 2.45) is 17.1 Å². The van der Waals surface area contributed by atoms with Crippen molar-refractivity contribution in [1.29, 1.82) is 0 Å². The summed E-state index contributed by atoms with van der Waals surface area (Å²) >= 11 is 0. The van der Waals surface area contributed by atoms with Crippen molar-refractivity contribution >= 4 is 0 Å². The highest BCUT2D eigenvalue weighted by Gasteiger charge is 2.31. The van der Waals surface area contributed by atoms with Crippen molar-refractivity contribution < 1.29 is 0 Å². The second kappa shape index (κ2) is 2.54. The molecule has 0 heterocycles. The highest BCUT2D eigenvalue weighted by molar-refractivity contribution is 4.85. The number of nitrogens with two attached hydrogens (primary N) is 1. The van der Waals surface area contributed by atoms with Crippen LogP contribution >= 0.6 is 0 Å². The predicted octanol–water partition coefficient (Wildman–Crippen LogP) is 2.16. The standard InChI is InChI=1S/C9H19N/c1-7-6-8(10)4-5-9(7,2)3/h7-8H,4-6,10H2,1-3H3/t7-,8-/m0/s1. The van der Waals surface area contributed by atoms with E-state index in [1.165, 1.54) is 19.3 Å².